The minimum atomic E-state index is -0.274. The molecule has 3 heterocycles. The van der Waals surface area contributed by atoms with E-state index in [2.05, 4.69) is 9.97 Å². The molecule has 130 valence electrons. The van der Waals surface area contributed by atoms with Gasteiger partial charge in [0, 0.05) is 35.8 Å². The Morgan fingerprint density at radius 1 is 1.20 bits per heavy atom. The summed E-state index contributed by atoms with van der Waals surface area (Å²) in [5.41, 5.74) is 3.01. The molecular weight excluding hydrogens is 361 g/mol. The molecular formula is C18H17ClFN3OS. The van der Waals surface area contributed by atoms with Crippen LogP contribution in [0.2, 0.25) is 0 Å². The fourth-order valence-electron chi connectivity index (χ4n) is 2.92. The summed E-state index contributed by atoms with van der Waals surface area (Å²) < 4.78 is 13.4. The van der Waals surface area contributed by atoms with Crippen LogP contribution in [0.25, 0.3) is 21.8 Å². The van der Waals surface area contributed by atoms with E-state index in [0.29, 0.717) is 5.69 Å². The van der Waals surface area contributed by atoms with E-state index in [-0.39, 0.29) is 24.1 Å². The molecule has 2 aromatic heterocycles. The number of hydrogen-bond acceptors (Lipinski definition) is 3. The van der Waals surface area contributed by atoms with Gasteiger partial charge < -0.3 is 9.88 Å². The van der Waals surface area contributed by atoms with Gasteiger partial charge in [0.1, 0.15) is 16.5 Å². The summed E-state index contributed by atoms with van der Waals surface area (Å²) in [5, 5.41) is 2.69. The number of amides is 1. The van der Waals surface area contributed by atoms with E-state index in [4.69, 9.17) is 0 Å². The smallest absolute Gasteiger partial charge is 0.270 e. The fraction of sp³-hybridized carbons (Fsp3) is 0.222. The molecule has 0 radical (unpaired) electrons. The quantitative estimate of drug-likeness (QED) is 0.725. The number of aromatic amines is 1. The van der Waals surface area contributed by atoms with Gasteiger partial charge in [-0.25, -0.2) is 9.37 Å². The first-order chi connectivity index (χ1) is 11.7. The lowest BCUT2D eigenvalue weighted by Crippen LogP contribution is -2.27. The van der Waals surface area contributed by atoms with Gasteiger partial charge in [-0.05, 0) is 31.0 Å². The van der Waals surface area contributed by atoms with Gasteiger partial charge in [-0.3, -0.25) is 4.79 Å². The second-order valence-electron chi connectivity index (χ2n) is 5.85. The van der Waals surface area contributed by atoms with Crippen molar-refractivity contribution in [2.24, 2.45) is 0 Å². The second-order valence-corrected chi connectivity index (χ2v) is 6.71. The molecule has 1 aliphatic rings. The van der Waals surface area contributed by atoms with E-state index in [1.807, 2.05) is 22.4 Å². The minimum absolute atomic E-state index is 0. The van der Waals surface area contributed by atoms with E-state index in [1.165, 1.54) is 23.5 Å². The Morgan fingerprint density at radius 2 is 2.00 bits per heavy atom. The largest absolute Gasteiger partial charge is 0.357 e. The average molecular weight is 378 g/mol. The molecule has 4 nitrogen and oxygen atoms in total. The number of benzene rings is 1. The maximum Gasteiger partial charge on any atom is 0.270 e. The summed E-state index contributed by atoms with van der Waals surface area (Å²) in [6.45, 7) is 1.65. The van der Waals surface area contributed by atoms with Crippen molar-refractivity contribution in [1.82, 2.24) is 14.9 Å². The van der Waals surface area contributed by atoms with Crippen molar-refractivity contribution in [2.45, 2.75) is 12.8 Å². The molecule has 1 aromatic carbocycles. The summed E-state index contributed by atoms with van der Waals surface area (Å²) in [6.07, 6.45) is 3.94. The van der Waals surface area contributed by atoms with Crippen molar-refractivity contribution in [2.75, 3.05) is 13.1 Å². The summed E-state index contributed by atoms with van der Waals surface area (Å²) in [5.74, 6) is -0.233. The average Bonchev–Trinajstić information content (AvgIpc) is 3.34. The SMILES string of the molecule is Cl.O=C(c1cc(-c2csc(-c3cccc(F)c3)n2)c[nH]1)N1CCCC1. The highest BCUT2D eigenvalue weighted by Crippen LogP contribution is 2.29. The maximum absolute atomic E-state index is 13.4. The first-order valence-corrected chi connectivity index (χ1v) is 8.78. The third-order valence-electron chi connectivity index (χ3n) is 4.18. The third-order valence-corrected chi connectivity index (χ3v) is 5.07. The first kappa shape index (κ1) is 17.6. The van der Waals surface area contributed by atoms with E-state index in [0.717, 1.165) is 47.8 Å². The van der Waals surface area contributed by atoms with Gasteiger partial charge >= 0.3 is 0 Å². The molecule has 0 spiro atoms. The van der Waals surface area contributed by atoms with Crippen LogP contribution in [0.5, 0.6) is 0 Å². The molecule has 0 bridgehead atoms. The normalized spacial score (nSPS) is 13.7. The second kappa shape index (κ2) is 7.37. The Balaban J connectivity index is 0.00000182. The number of nitrogens with zero attached hydrogens (tertiary/aromatic N) is 2. The summed E-state index contributed by atoms with van der Waals surface area (Å²) >= 11 is 1.46. The molecule has 0 unspecified atom stereocenters. The Bertz CT molecular complexity index is 886. The van der Waals surface area contributed by atoms with Crippen LogP contribution in [0.15, 0.2) is 41.9 Å². The van der Waals surface area contributed by atoms with Crippen LogP contribution in [0, 0.1) is 5.82 Å². The molecule has 25 heavy (non-hydrogen) atoms. The number of likely N-dealkylation sites (tertiary alicyclic amines) is 1. The number of aromatic nitrogens is 2. The third kappa shape index (κ3) is 3.60. The van der Waals surface area contributed by atoms with Crippen LogP contribution in [0.4, 0.5) is 4.39 Å². The number of rotatable bonds is 3. The van der Waals surface area contributed by atoms with Crippen molar-refractivity contribution in [3.05, 3.63) is 53.4 Å². The minimum Gasteiger partial charge on any atom is -0.357 e. The molecule has 1 aliphatic heterocycles. The Morgan fingerprint density at radius 3 is 2.76 bits per heavy atom. The number of carbonyl (C=O) groups excluding carboxylic acids is 1. The van der Waals surface area contributed by atoms with Crippen LogP contribution < -0.4 is 0 Å². The highest BCUT2D eigenvalue weighted by atomic mass is 35.5. The highest BCUT2D eigenvalue weighted by molar-refractivity contribution is 7.13. The molecule has 7 heteroatoms. The van der Waals surface area contributed by atoms with E-state index in [1.54, 1.807) is 12.3 Å². The van der Waals surface area contributed by atoms with Gasteiger partial charge in [0.05, 0.1) is 5.69 Å². The van der Waals surface area contributed by atoms with Crippen molar-refractivity contribution in [3.8, 4) is 21.8 Å². The zero-order valence-electron chi connectivity index (χ0n) is 13.4. The van der Waals surface area contributed by atoms with E-state index >= 15 is 0 Å². The molecule has 0 atom stereocenters. The number of hydrogen-bond donors (Lipinski definition) is 1. The number of thiazole rings is 1. The molecule has 0 aliphatic carbocycles. The predicted octanol–water partition coefficient (Wildman–Crippen LogP) is 4.60. The van der Waals surface area contributed by atoms with Crippen molar-refractivity contribution in [3.63, 3.8) is 0 Å². The Labute approximate surface area is 155 Å². The summed E-state index contributed by atoms with van der Waals surface area (Å²) in [4.78, 5) is 21.9. The van der Waals surface area contributed by atoms with E-state index in [9.17, 15) is 9.18 Å². The maximum atomic E-state index is 13.4. The van der Waals surface area contributed by atoms with Gasteiger partial charge in [0.25, 0.3) is 5.91 Å². The standard InChI is InChI=1S/C18H16FN3OS.ClH/c19-14-5-3-4-12(8-14)17-21-16(11-24-17)13-9-15(20-10-13)18(23)22-6-1-2-7-22;/h3-5,8-11,20H,1-2,6-7H2;1H. The van der Waals surface area contributed by atoms with Gasteiger partial charge in [-0.15, -0.1) is 23.7 Å². The highest BCUT2D eigenvalue weighted by Gasteiger charge is 2.21. The molecule has 1 amide bonds. The van der Waals surface area contributed by atoms with Gasteiger partial charge in [0.15, 0.2) is 0 Å². The lowest BCUT2D eigenvalue weighted by molar-refractivity contribution is 0.0788. The summed E-state index contributed by atoms with van der Waals surface area (Å²) in [7, 11) is 0. The molecule has 0 saturated carbocycles. The monoisotopic (exact) mass is 377 g/mol. The number of nitrogens with one attached hydrogen (secondary N) is 1. The fourth-order valence-corrected chi connectivity index (χ4v) is 3.74. The zero-order valence-corrected chi connectivity index (χ0v) is 15.0. The molecule has 4 rings (SSSR count). The Hall–Kier alpha value is -2.18. The predicted molar refractivity (Wildman–Crippen MR) is 99.7 cm³/mol. The van der Waals surface area contributed by atoms with Gasteiger partial charge in [-0.1, -0.05) is 12.1 Å². The molecule has 3 aromatic rings. The van der Waals surface area contributed by atoms with Crippen LogP contribution in [-0.4, -0.2) is 33.9 Å². The van der Waals surface area contributed by atoms with Crippen LogP contribution in [-0.2, 0) is 0 Å². The lowest BCUT2D eigenvalue weighted by Gasteiger charge is -2.13. The number of H-pyrrole nitrogens is 1. The molecule has 1 saturated heterocycles. The lowest BCUT2D eigenvalue weighted by atomic mass is 10.2. The van der Waals surface area contributed by atoms with Crippen LogP contribution >= 0.6 is 23.7 Å². The molecule has 1 N–H and O–H groups in total. The van der Waals surface area contributed by atoms with Gasteiger partial charge in [0.2, 0.25) is 0 Å². The van der Waals surface area contributed by atoms with Crippen LogP contribution in [0.1, 0.15) is 23.3 Å². The topological polar surface area (TPSA) is 49.0 Å². The Kier molecular flexibility index (Phi) is 5.20. The number of halogens is 2. The summed E-state index contributed by atoms with van der Waals surface area (Å²) in [6, 6.07) is 8.24. The molecule has 1 fully saturated rings. The zero-order chi connectivity index (χ0) is 16.5. The van der Waals surface area contributed by atoms with Crippen molar-refractivity contribution in [1.29, 1.82) is 0 Å². The first-order valence-electron chi connectivity index (χ1n) is 7.90. The van der Waals surface area contributed by atoms with Crippen LogP contribution in [0.3, 0.4) is 0 Å². The number of carbonyl (C=O) groups is 1. The van der Waals surface area contributed by atoms with Crippen molar-refractivity contribution < 1.29 is 9.18 Å². The van der Waals surface area contributed by atoms with E-state index < -0.39 is 0 Å². The van der Waals surface area contributed by atoms with Crippen molar-refractivity contribution >= 4 is 29.7 Å². The van der Waals surface area contributed by atoms with Gasteiger partial charge in [-0.2, -0.15) is 0 Å².